The van der Waals surface area contributed by atoms with Crippen LogP contribution in [0.4, 0.5) is 0 Å². The molecule has 0 aliphatic carbocycles. The van der Waals surface area contributed by atoms with Gasteiger partial charge in [0.2, 0.25) is 5.88 Å². The second-order valence-corrected chi connectivity index (χ2v) is 3.67. The minimum Gasteiger partial charge on any atom is -0.475 e. The number of halogens is 1. The summed E-state index contributed by atoms with van der Waals surface area (Å²) < 4.78 is 10.9. The highest BCUT2D eigenvalue weighted by Crippen LogP contribution is 2.14. The van der Waals surface area contributed by atoms with Crippen molar-refractivity contribution >= 4 is 28.9 Å². The number of carbonyl (C=O) groups is 1. The van der Waals surface area contributed by atoms with E-state index in [-0.39, 0.29) is 0 Å². The first kappa shape index (κ1) is 11.4. The van der Waals surface area contributed by atoms with E-state index in [1.165, 1.54) is 0 Å². The molecule has 0 radical (unpaired) electrons. The van der Waals surface area contributed by atoms with Crippen LogP contribution < -0.4 is 4.74 Å². The number of carbonyl (C=O) groups excluding carboxylic acids is 1. The summed E-state index contributed by atoms with van der Waals surface area (Å²) in [5.41, 5.74) is 0.591. The largest absolute Gasteiger partial charge is 0.475 e. The Labute approximate surface area is 95.8 Å². The fourth-order valence-corrected chi connectivity index (χ4v) is 1.25. The van der Waals surface area contributed by atoms with Gasteiger partial charge in [-0.05, 0) is 22.6 Å². The van der Waals surface area contributed by atoms with Crippen molar-refractivity contribution in [3.05, 3.63) is 21.4 Å². The van der Waals surface area contributed by atoms with Crippen molar-refractivity contribution in [2.24, 2.45) is 0 Å². The molecular weight excluding hydrogens is 297 g/mol. The normalized spacial score (nSPS) is 9.86. The Hall–Kier alpha value is -0.690. The van der Waals surface area contributed by atoms with Crippen LogP contribution in [0.15, 0.2) is 12.3 Å². The number of pyridine rings is 1. The lowest BCUT2D eigenvalue weighted by atomic mass is 10.3. The number of methoxy groups -OCH3 is 1. The van der Waals surface area contributed by atoms with Crippen LogP contribution >= 0.6 is 22.6 Å². The number of aromatic nitrogens is 1. The fourth-order valence-electron chi connectivity index (χ4n) is 0.833. The zero-order valence-corrected chi connectivity index (χ0v) is 9.85. The molecule has 0 aromatic carbocycles. The quantitative estimate of drug-likeness (QED) is 0.470. The highest BCUT2D eigenvalue weighted by atomic mass is 127. The molecule has 5 heteroatoms. The van der Waals surface area contributed by atoms with E-state index in [4.69, 9.17) is 9.47 Å². The van der Waals surface area contributed by atoms with E-state index >= 15 is 0 Å². The maximum absolute atomic E-state index is 10.6. The molecular formula is C9H10INO3. The average Bonchev–Trinajstić information content (AvgIpc) is 2.21. The van der Waals surface area contributed by atoms with Crippen molar-refractivity contribution in [3.63, 3.8) is 0 Å². The summed E-state index contributed by atoms with van der Waals surface area (Å²) in [7, 11) is 1.60. The van der Waals surface area contributed by atoms with Crippen LogP contribution in [-0.4, -0.2) is 31.6 Å². The summed E-state index contributed by atoms with van der Waals surface area (Å²) in [6.45, 7) is 0.937. The standard InChI is InChI=1S/C9H10INO3/c1-13-2-3-14-9-4-7(6-12)8(10)5-11-9/h4-6H,2-3H2,1H3. The molecule has 0 N–H and O–H groups in total. The number of hydrogen-bond acceptors (Lipinski definition) is 4. The van der Waals surface area contributed by atoms with Crippen LogP contribution in [0.25, 0.3) is 0 Å². The van der Waals surface area contributed by atoms with Crippen LogP contribution in [0.5, 0.6) is 5.88 Å². The first-order chi connectivity index (χ1) is 6.77. The van der Waals surface area contributed by atoms with E-state index in [0.717, 1.165) is 9.86 Å². The fraction of sp³-hybridized carbons (Fsp3) is 0.333. The molecule has 1 aromatic heterocycles. The van der Waals surface area contributed by atoms with Crippen LogP contribution in [0.1, 0.15) is 10.4 Å². The second-order valence-electron chi connectivity index (χ2n) is 2.50. The van der Waals surface area contributed by atoms with E-state index in [9.17, 15) is 4.79 Å². The molecule has 0 spiro atoms. The topological polar surface area (TPSA) is 48.4 Å². The van der Waals surface area contributed by atoms with Crippen molar-refractivity contribution < 1.29 is 14.3 Å². The number of hydrogen-bond donors (Lipinski definition) is 0. The molecule has 0 saturated heterocycles. The summed E-state index contributed by atoms with van der Waals surface area (Å²) >= 11 is 2.05. The Kier molecular flexibility index (Phi) is 4.81. The van der Waals surface area contributed by atoms with Crippen LogP contribution in [0, 0.1) is 3.57 Å². The summed E-state index contributed by atoms with van der Waals surface area (Å²) in [6, 6.07) is 1.62. The molecule has 0 fully saturated rings. The van der Waals surface area contributed by atoms with E-state index in [1.54, 1.807) is 19.4 Å². The maximum Gasteiger partial charge on any atom is 0.214 e. The summed E-state index contributed by atoms with van der Waals surface area (Å²) in [5.74, 6) is 0.449. The molecule has 1 rings (SSSR count). The Bertz CT molecular complexity index is 317. The lowest BCUT2D eigenvalue weighted by Gasteiger charge is -2.05. The predicted octanol–water partition coefficient (Wildman–Crippen LogP) is 1.52. The van der Waals surface area contributed by atoms with Crippen molar-refractivity contribution in [2.75, 3.05) is 20.3 Å². The molecule has 1 heterocycles. The van der Waals surface area contributed by atoms with Gasteiger partial charge in [0, 0.05) is 28.5 Å². The van der Waals surface area contributed by atoms with Crippen molar-refractivity contribution in [1.82, 2.24) is 4.98 Å². The Morgan fingerprint density at radius 3 is 3.00 bits per heavy atom. The minimum absolute atomic E-state index is 0.433. The van der Waals surface area contributed by atoms with Gasteiger partial charge in [0.1, 0.15) is 6.61 Å². The number of ether oxygens (including phenoxy) is 2. The van der Waals surface area contributed by atoms with Gasteiger partial charge >= 0.3 is 0 Å². The van der Waals surface area contributed by atoms with Crippen LogP contribution in [-0.2, 0) is 4.74 Å². The Morgan fingerprint density at radius 1 is 1.57 bits per heavy atom. The molecule has 0 saturated carbocycles. The average molecular weight is 307 g/mol. The molecule has 0 amide bonds. The van der Waals surface area contributed by atoms with Gasteiger partial charge in [-0.15, -0.1) is 0 Å². The van der Waals surface area contributed by atoms with Gasteiger partial charge in [-0.3, -0.25) is 4.79 Å². The SMILES string of the molecule is COCCOc1cc(C=O)c(I)cn1. The highest BCUT2D eigenvalue weighted by Gasteiger charge is 2.02. The number of nitrogens with zero attached hydrogens (tertiary/aromatic N) is 1. The lowest BCUT2D eigenvalue weighted by molar-refractivity contribution is 0.112. The maximum atomic E-state index is 10.6. The molecule has 1 aromatic rings. The van der Waals surface area contributed by atoms with Crippen molar-refractivity contribution in [3.8, 4) is 5.88 Å². The predicted molar refractivity (Wildman–Crippen MR) is 59.7 cm³/mol. The molecule has 0 bridgehead atoms. The third-order valence-corrected chi connectivity index (χ3v) is 2.43. The molecule has 4 nitrogen and oxygen atoms in total. The summed E-state index contributed by atoms with van der Waals surface area (Å²) in [5, 5.41) is 0. The molecule has 14 heavy (non-hydrogen) atoms. The zero-order valence-electron chi connectivity index (χ0n) is 7.70. The number of aldehydes is 1. The first-order valence-electron chi connectivity index (χ1n) is 4.00. The third kappa shape index (κ3) is 3.22. The van der Waals surface area contributed by atoms with Crippen molar-refractivity contribution in [1.29, 1.82) is 0 Å². The monoisotopic (exact) mass is 307 g/mol. The molecule has 76 valence electrons. The van der Waals surface area contributed by atoms with E-state index in [0.29, 0.717) is 24.7 Å². The van der Waals surface area contributed by atoms with Gasteiger partial charge < -0.3 is 9.47 Å². The van der Waals surface area contributed by atoms with E-state index in [1.807, 2.05) is 22.6 Å². The van der Waals surface area contributed by atoms with Crippen LogP contribution in [0.2, 0.25) is 0 Å². The smallest absolute Gasteiger partial charge is 0.214 e. The Morgan fingerprint density at radius 2 is 2.36 bits per heavy atom. The van der Waals surface area contributed by atoms with Crippen molar-refractivity contribution in [2.45, 2.75) is 0 Å². The number of rotatable bonds is 5. The molecule has 0 atom stereocenters. The van der Waals surface area contributed by atoms with E-state index < -0.39 is 0 Å². The summed E-state index contributed by atoms with van der Waals surface area (Å²) in [6.07, 6.45) is 2.39. The van der Waals surface area contributed by atoms with Gasteiger partial charge in [0.15, 0.2) is 6.29 Å². The Balaban J connectivity index is 2.64. The second kappa shape index (κ2) is 5.92. The zero-order chi connectivity index (χ0) is 10.4. The van der Waals surface area contributed by atoms with Gasteiger partial charge in [-0.1, -0.05) is 0 Å². The van der Waals surface area contributed by atoms with Crippen LogP contribution in [0.3, 0.4) is 0 Å². The molecule has 0 aliphatic rings. The van der Waals surface area contributed by atoms with Gasteiger partial charge in [0.25, 0.3) is 0 Å². The van der Waals surface area contributed by atoms with Gasteiger partial charge in [0.05, 0.1) is 6.61 Å². The first-order valence-corrected chi connectivity index (χ1v) is 5.08. The molecule has 0 aliphatic heterocycles. The lowest BCUT2D eigenvalue weighted by Crippen LogP contribution is -2.05. The highest BCUT2D eigenvalue weighted by molar-refractivity contribution is 14.1. The van der Waals surface area contributed by atoms with E-state index in [2.05, 4.69) is 4.98 Å². The van der Waals surface area contributed by atoms with Gasteiger partial charge in [-0.2, -0.15) is 0 Å². The minimum atomic E-state index is 0.433. The molecule has 0 unspecified atom stereocenters. The summed E-state index contributed by atoms with van der Waals surface area (Å²) in [4.78, 5) is 14.6. The third-order valence-electron chi connectivity index (χ3n) is 1.52. The van der Waals surface area contributed by atoms with Gasteiger partial charge in [-0.25, -0.2) is 4.98 Å².